The Morgan fingerprint density at radius 2 is 1.84 bits per heavy atom. The highest BCUT2D eigenvalue weighted by molar-refractivity contribution is 6.21. The van der Waals surface area contributed by atoms with Gasteiger partial charge in [0.1, 0.15) is 0 Å². The van der Waals surface area contributed by atoms with E-state index >= 15 is 0 Å². The van der Waals surface area contributed by atoms with Crippen molar-refractivity contribution in [2.24, 2.45) is 5.92 Å². The third-order valence-electron chi connectivity index (χ3n) is 3.28. The molecular weight excluding hydrogens is 238 g/mol. The van der Waals surface area contributed by atoms with Crippen molar-refractivity contribution in [1.29, 1.82) is 0 Å². The van der Waals surface area contributed by atoms with Crippen molar-refractivity contribution in [3.8, 4) is 0 Å². The van der Waals surface area contributed by atoms with Crippen LogP contribution in [-0.4, -0.2) is 11.7 Å². The second-order valence-electron chi connectivity index (χ2n) is 5.12. The van der Waals surface area contributed by atoms with Gasteiger partial charge in [0.05, 0.1) is 5.70 Å². The van der Waals surface area contributed by atoms with Crippen molar-refractivity contribution < 1.29 is 9.59 Å². The van der Waals surface area contributed by atoms with Crippen LogP contribution in [0.5, 0.6) is 0 Å². The molecule has 100 valence electrons. The normalized spacial score (nSPS) is 14.0. The molecule has 1 N–H and O–H groups in total. The maximum atomic E-state index is 12.4. The summed E-state index contributed by atoms with van der Waals surface area (Å²) in [6, 6.07) is 7.54. The van der Waals surface area contributed by atoms with Gasteiger partial charge in [0, 0.05) is 12.0 Å². The first-order chi connectivity index (χ1) is 9.06. The topological polar surface area (TPSA) is 46.2 Å². The van der Waals surface area contributed by atoms with E-state index in [1.54, 1.807) is 0 Å². The first-order valence-electron chi connectivity index (χ1n) is 6.74. The molecule has 2 rings (SSSR count). The van der Waals surface area contributed by atoms with Gasteiger partial charge in [-0.05, 0) is 23.5 Å². The number of rotatable bonds is 4. The molecule has 1 amide bonds. The quantitative estimate of drug-likeness (QED) is 0.900. The summed E-state index contributed by atoms with van der Waals surface area (Å²) in [5.41, 5.74) is 3.06. The van der Waals surface area contributed by atoms with Crippen molar-refractivity contribution in [2.45, 2.75) is 33.6 Å². The molecule has 3 nitrogen and oxygen atoms in total. The molecule has 0 unspecified atom stereocenters. The van der Waals surface area contributed by atoms with E-state index in [0.29, 0.717) is 17.7 Å². The minimum atomic E-state index is -0.0863. The van der Waals surface area contributed by atoms with E-state index in [-0.39, 0.29) is 17.6 Å². The Morgan fingerprint density at radius 3 is 2.42 bits per heavy atom. The van der Waals surface area contributed by atoms with Crippen LogP contribution in [0.25, 0.3) is 5.57 Å². The first-order valence-corrected chi connectivity index (χ1v) is 6.74. The molecule has 3 heteroatoms. The van der Waals surface area contributed by atoms with Crippen molar-refractivity contribution >= 4 is 17.3 Å². The lowest BCUT2D eigenvalue weighted by atomic mass is 9.96. The molecule has 0 saturated heterocycles. The Bertz CT molecular complexity index is 556. The number of Topliss-reactive ketones (excluding diaryl/α,β-unsaturated/α-hetero) is 1. The summed E-state index contributed by atoms with van der Waals surface area (Å²) >= 11 is 0. The fraction of sp³-hybridized carbons (Fsp3) is 0.375. The molecule has 0 aliphatic heterocycles. The van der Waals surface area contributed by atoms with E-state index in [0.717, 1.165) is 17.6 Å². The molecule has 0 spiro atoms. The fourth-order valence-electron chi connectivity index (χ4n) is 2.46. The number of ketones is 1. The van der Waals surface area contributed by atoms with Crippen molar-refractivity contribution in [3.63, 3.8) is 0 Å². The van der Waals surface area contributed by atoms with Crippen LogP contribution in [0.15, 0.2) is 30.0 Å². The van der Waals surface area contributed by atoms with Crippen molar-refractivity contribution in [2.75, 3.05) is 0 Å². The SMILES string of the molecule is CCCC(=O)NC1=C(C(C)C)c2ccccc2C1=O. The summed E-state index contributed by atoms with van der Waals surface area (Å²) in [6.07, 6.45) is 1.22. The maximum absolute atomic E-state index is 12.4. The largest absolute Gasteiger partial charge is 0.323 e. The Labute approximate surface area is 113 Å². The Balaban J connectivity index is 2.42. The van der Waals surface area contributed by atoms with Crippen LogP contribution < -0.4 is 5.32 Å². The highest BCUT2D eigenvalue weighted by Crippen LogP contribution is 2.36. The summed E-state index contributed by atoms with van der Waals surface area (Å²) in [7, 11) is 0. The summed E-state index contributed by atoms with van der Waals surface area (Å²) < 4.78 is 0. The molecule has 19 heavy (non-hydrogen) atoms. The zero-order valence-electron chi connectivity index (χ0n) is 11.6. The molecule has 1 aliphatic carbocycles. The molecular formula is C16H19NO2. The van der Waals surface area contributed by atoms with E-state index in [2.05, 4.69) is 5.32 Å². The number of hydrogen-bond donors (Lipinski definition) is 1. The third-order valence-corrected chi connectivity index (χ3v) is 3.28. The van der Waals surface area contributed by atoms with Gasteiger partial charge < -0.3 is 5.32 Å². The lowest BCUT2D eigenvalue weighted by molar-refractivity contribution is -0.120. The summed E-state index contributed by atoms with van der Waals surface area (Å²) in [5.74, 6) is 0.0464. The molecule has 0 fully saturated rings. The van der Waals surface area contributed by atoms with Gasteiger partial charge in [-0.2, -0.15) is 0 Å². The second-order valence-corrected chi connectivity index (χ2v) is 5.12. The Hall–Kier alpha value is -1.90. The molecule has 0 bridgehead atoms. The first kappa shape index (κ1) is 13.5. The Kier molecular flexibility index (Phi) is 3.84. The van der Waals surface area contributed by atoms with Crippen LogP contribution in [0.4, 0.5) is 0 Å². The monoisotopic (exact) mass is 257 g/mol. The lowest BCUT2D eigenvalue weighted by Gasteiger charge is -2.12. The highest BCUT2D eigenvalue weighted by atomic mass is 16.2. The number of amides is 1. The predicted molar refractivity (Wildman–Crippen MR) is 75.6 cm³/mol. The van der Waals surface area contributed by atoms with E-state index < -0.39 is 0 Å². The van der Waals surface area contributed by atoms with Gasteiger partial charge in [0.2, 0.25) is 11.7 Å². The average Bonchev–Trinajstić information content (AvgIpc) is 2.64. The summed E-state index contributed by atoms with van der Waals surface area (Å²) in [4.78, 5) is 24.1. The maximum Gasteiger partial charge on any atom is 0.224 e. The third kappa shape index (κ3) is 2.46. The molecule has 1 aliphatic rings. The number of hydrogen-bond acceptors (Lipinski definition) is 2. The Morgan fingerprint density at radius 1 is 1.21 bits per heavy atom. The predicted octanol–water partition coefficient (Wildman–Crippen LogP) is 3.17. The number of carbonyl (C=O) groups is 2. The van der Waals surface area contributed by atoms with E-state index in [9.17, 15) is 9.59 Å². The molecule has 1 aromatic rings. The standard InChI is InChI=1S/C16H19NO2/c1-4-7-13(18)17-15-14(10(2)3)11-8-5-6-9-12(11)16(15)19/h5-6,8-10H,4,7H2,1-3H3,(H,17,18,19). The summed E-state index contributed by atoms with van der Waals surface area (Å²) in [5, 5.41) is 2.80. The van der Waals surface area contributed by atoms with Gasteiger partial charge in [-0.25, -0.2) is 0 Å². The zero-order chi connectivity index (χ0) is 14.0. The van der Waals surface area contributed by atoms with E-state index in [4.69, 9.17) is 0 Å². The lowest BCUT2D eigenvalue weighted by Crippen LogP contribution is -2.26. The molecule has 0 saturated carbocycles. The van der Waals surface area contributed by atoms with Crippen LogP contribution >= 0.6 is 0 Å². The van der Waals surface area contributed by atoms with Gasteiger partial charge in [-0.15, -0.1) is 0 Å². The number of carbonyl (C=O) groups excluding carboxylic acids is 2. The molecule has 0 aromatic heterocycles. The zero-order valence-corrected chi connectivity index (χ0v) is 11.6. The molecule has 0 heterocycles. The van der Waals surface area contributed by atoms with Gasteiger partial charge >= 0.3 is 0 Å². The van der Waals surface area contributed by atoms with Crippen molar-refractivity contribution in [3.05, 3.63) is 41.1 Å². The van der Waals surface area contributed by atoms with Crippen LogP contribution in [0.1, 0.15) is 49.5 Å². The van der Waals surface area contributed by atoms with Crippen molar-refractivity contribution in [1.82, 2.24) is 5.32 Å². The number of nitrogens with one attached hydrogen (secondary N) is 1. The van der Waals surface area contributed by atoms with Gasteiger partial charge in [-0.3, -0.25) is 9.59 Å². The van der Waals surface area contributed by atoms with Gasteiger partial charge in [0.25, 0.3) is 0 Å². The molecule has 0 atom stereocenters. The average molecular weight is 257 g/mol. The van der Waals surface area contributed by atoms with Crippen LogP contribution in [0.2, 0.25) is 0 Å². The van der Waals surface area contributed by atoms with Crippen LogP contribution in [0.3, 0.4) is 0 Å². The van der Waals surface area contributed by atoms with Crippen LogP contribution in [-0.2, 0) is 4.79 Å². The molecule has 1 aromatic carbocycles. The van der Waals surface area contributed by atoms with E-state index in [1.165, 1.54) is 0 Å². The number of allylic oxidation sites excluding steroid dienone is 2. The second kappa shape index (κ2) is 5.39. The molecule has 0 radical (unpaired) electrons. The van der Waals surface area contributed by atoms with Crippen LogP contribution in [0, 0.1) is 5.92 Å². The number of benzene rings is 1. The fourth-order valence-corrected chi connectivity index (χ4v) is 2.46. The number of fused-ring (bicyclic) bond motifs is 1. The van der Waals surface area contributed by atoms with Gasteiger partial charge in [0.15, 0.2) is 0 Å². The van der Waals surface area contributed by atoms with E-state index in [1.807, 2.05) is 45.0 Å². The minimum Gasteiger partial charge on any atom is -0.323 e. The summed E-state index contributed by atoms with van der Waals surface area (Å²) in [6.45, 7) is 6.02. The smallest absolute Gasteiger partial charge is 0.224 e. The highest BCUT2D eigenvalue weighted by Gasteiger charge is 2.31. The van der Waals surface area contributed by atoms with Gasteiger partial charge in [-0.1, -0.05) is 45.0 Å². The minimum absolute atomic E-state index is 0.0660.